The number of benzene rings is 8. The predicted octanol–water partition coefficient (Wildman–Crippen LogP) is 12.3. The maximum atomic E-state index is 5.19. The van der Waals surface area contributed by atoms with Gasteiger partial charge in [-0.05, 0) is 65.4 Å². The Balaban J connectivity index is 1.16. The molecule has 3 heterocycles. The third-order valence-corrected chi connectivity index (χ3v) is 10.5. The van der Waals surface area contributed by atoms with E-state index in [0.29, 0.717) is 5.82 Å². The molecule has 0 unspecified atom stereocenters. The Morgan fingerprint density at radius 2 is 0.923 bits per heavy atom. The summed E-state index contributed by atoms with van der Waals surface area (Å²) in [5, 5.41) is 8.50. The lowest BCUT2D eigenvalue weighted by Crippen LogP contribution is -1.98. The Labute approximate surface area is 299 Å². The Kier molecular flexibility index (Phi) is 6.22. The van der Waals surface area contributed by atoms with Crippen LogP contribution in [0.25, 0.3) is 99.3 Å². The van der Waals surface area contributed by atoms with Gasteiger partial charge in [-0.2, -0.15) is 0 Å². The lowest BCUT2D eigenvalue weighted by molar-refractivity contribution is 1.17. The first-order valence-electron chi connectivity index (χ1n) is 17.7. The average molecular weight is 663 g/mol. The first kappa shape index (κ1) is 28.8. The molecule has 0 N–H and O–H groups in total. The molecule has 8 aromatic carbocycles. The normalized spacial score (nSPS) is 11.8. The number of rotatable bonds is 4. The zero-order chi connectivity index (χ0) is 34.2. The van der Waals surface area contributed by atoms with Crippen LogP contribution in [-0.2, 0) is 0 Å². The molecule has 0 amide bonds. The molecule has 0 fully saturated rings. The van der Waals surface area contributed by atoms with Crippen LogP contribution in [0.15, 0.2) is 182 Å². The van der Waals surface area contributed by atoms with Crippen molar-refractivity contribution in [1.82, 2.24) is 19.1 Å². The molecule has 0 aliphatic carbocycles. The highest BCUT2D eigenvalue weighted by Gasteiger charge is 2.21. The molecule has 0 saturated heterocycles. The van der Waals surface area contributed by atoms with Crippen LogP contribution < -0.4 is 0 Å². The largest absolute Gasteiger partial charge is 0.309 e. The second-order valence-corrected chi connectivity index (χ2v) is 13.4. The van der Waals surface area contributed by atoms with Crippen LogP contribution in [0.5, 0.6) is 0 Å². The zero-order valence-electron chi connectivity index (χ0n) is 28.1. The van der Waals surface area contributed by atoms with Crippen LogP contribution in [-0.4, -0.2) is 19.1 Å². The molecule has 0 bridgehead atoms. The van der Waals surface area contributed by atoms with Crippen molar-refractivity contribution >= 4 is 65.3 Å². The van der Waals surface area contributed by atoms with Crippen LogP contribution in [0.3, 0.4) is 0 Å². The Morgan fingerprint density at radius 1 is 0.346 bits per heavy atom. The first-order chi connectivity index (χ1) is 25.8. The van der Waals surface area contributed by atoms with E-state index in [0.717, 1.165) is 50.1 Å². The molecule has 4 heteroatoms. The monoisotopic (exact) mass is 662 g/mol. The van der Waals surface area contributed by atoms with Crippen LogP contribution in [0.4, 0.5) is 0 Å². The summed E-state index contributed by atoms with van der Waals surface area (Å²) in [6, 6.07) is 64.8. The summed E-state index contributed by atoms with van der Waals surface area (Å²) in [6.45, 7) is 0. The summed E-state index contributed by atoms with van der Waals surface area (Å²) in [7, 11) is 0. The molecule has 0 atom stereocenters. The molecule has 4 nitrogen and oxygen atoms in total. The van der Waals surface area contributed by atoms with E-state index in [1.54, 1.807) is 0 Å². The highest BCUT2D eigenvalue weighted by molar-refractivity contribution is 6.29. The molecule has 0 aliphatic rings. The second-order valence-electron chi connectivity index (χ2n) is 13.4. The van der Waals surface area contributed by atoms with E-state index in [-0.39, 0.29) is 0 Å². The fourth-order valence-corrected chi connectivity index (χ4v) is 8.20. The highest BCUT2D eigenvalue weighted by Crippen LogP contribution is 2.43. The van der Waals surface area contributed by atoms with Crippen LogP contribution in [0.1, 0.15) is 0 Å². The lowest BCUT2D eigenvalue weighted by Gasteiger charge is -2.12. The quantitative estimate of drug-likeness (QED) is 0.188. The summed E-state index contributed by atoms with van der Waals surface area (Å²) in [5.74, 6) is 0.709. The standard InChI is InChI=1S/C48H30N4/c1-2-14-32(15-3-1)47-37-19-6-9-22-40(37)49-48(50-47)34-17-12-18-35(30-34)51-41-23-10-7-20-38(41)45-43(51)27-28-44-46(45)39-21-8-11-24-42(39)52(44)36-26-25-31-13-4-5-16-33(31)29-36/h1-30H. The van der Waals surface area contributed by atoms with E-state index in [1.165, 1.54) is 43.4 Å². The number of para-hydroxylation sites is 3. The Hall–Kier alpha value is -7.04. The summed E-state index contributed by atoms with van der Waals surface area (Å²) in [5.41, 5.74) is 10.9. The number of hydrogen-bond acceptors (Lipinski definition) is 2. The first-order valence-corrected chi connectivity index (χ1v) is 17.7. The van der Waals surface area contributed by atoms with Gasteiger partial charge in [-0.25, -0.2) is 9.97 Å². The van der Waals surface area contributed by atoms with Crippen molar-refractivity contribution in [2.45, 2.75) is 0 Å². The van der Waals surface area contributed by atoms with E-state index < -0.39 is 0 Å². The van der Waals surface area contributed by atoms with E-state index in [2.05, 4.69) is 179 Å². The van der Waals surface area contributed by atoms with Gasteiger partial charge in [0.25, 0.3) is 0 Å². The molecule has 3 aromatic heterocycles. The molecule has 52 heavy (non-hydrogen) atoms. The minimum absolute atomic E-state index is 0.709. The number of nitrogens with zero attached hydrogens (tertiary/aromatic N) is 4. The molecule has 0 aliphatic heterocycles. The van der Waals surface area contributed by atoms with Gasteiger partial charge >= 0.3 is 0 Å². The fraction of sp³-hybridized carbons (Fsp3) is 0. The van der Waals surface area contributed by atoms with Crippen molar-refractivity contribution in [3.05, 3.63) is 182 Å². The molecular weight excluding hydrogens is 633 g/mol. The minimum Gasteiger partial charge on any atom is -0.309 e. The molecule has 242 valence electrons. The van der Waals surface area contributed by atoms with Gasteiger partial charge in [-0.15, -0.1) is 0 Å². The second kappa shape index (κ2) is 11.2. The SMILES string of the molecule is c1ccc(-c2nc(-c3cccc(-n4c5ccccc5c5c6c7ccccc7n(-c7ccc8ccccc8c7)c6ccc54)c3)nc3ccccc23)cc1. The van der Waals surface area contributed by atoms with E-state index in [4.69, 9.17) is 9.97 Å². The van der Waals surface area contributed by atoms with Gasteiger partial charge in [-0.3, -0.25) is 0 Å². The van der Waals surface area contributed by atoms with Crippen molar-refractivity contribution in [2.24, 2.45) is 0 Å². The molecule has 0 saturated carbocycles. The van der Waals surface area contributed by atoms with Gasteiger partial charge < -0.3 is 9.13 Å². The van der Waals surface area contributed by atoms with Crippen molar-refractivity contribution < 1.29 is 0 Å². The molecule has 0 radical (unpaired) electrons. The van der Waals surface area contributed by atoms with Gasteiger partial charge in [0.15, 0.2) is 5.82 Å². The van der Waals surface area contributed by atoms with Gasteiger partial charge in [0, 0.05) is 49.4 Å². The van der Waals surface area contributed by atoms with Crippen LogP contribution in [0.2, 0.25) is 0 Å². The van der Waals surface area contributed by atoms with Crippen molar-refractivity contribution in [2.75, 3.05) is 0 Å². The molecule has 11 rings (SSSR count). The third kappa shape index (κ3) is 4.28. The van der Waals surface area contributed by atoms with Crippen molar-refractivity contribution in [3.63, 3.8) is 0 Å². The Morgan fingerprint density at radius 3 is 1.65 bits per heavy atom. The van der Waals surface area contributed by atoms with Crippen molar-refractivity contribution in [1.29, 1.82) is 0 Å². The lowest BCUT2D eigenvalue weighted by atomic mass is 10.1. The van der Waals surface area contributed by atoms with Gasteiger partial charge in [-0.1, -0.05) is 127 Å². The summed E-state index contributed by atoms with van der Waals surface area (Å²) in [6.07, 6.45) is 0. The molecule has 11 aromatic rings. The van der Waals surface area contributed by atoms with E-state index in [1.807, 2.05) is 12.1 Å². The van der Waals surface area contributed by atoms with E-state index in [9.17, 15) is 0 Å². The topological polar surface area (TPSA) is 35.6 Å². The molecular formula is C48H30N4. The van der Waals surface area contributed by atoms with Crippen LogP contribution >= 0.6 is 0 Å². The Bertz CT molecular complexity index is 3190. The summed E-state index contributed by atoms with van der Waals surface area (Å²) < 4.78 is 4.82. The van der Waals surface area contributed by atoms with Crippen LogP contribution in [0, 0.1) is 0 Å². The zero-order valence-corrected chi connectivity index (χ0v) is 28.1. The number of fused-ring (bicyclic) bond motifs is 9. The maximum Gasteiger partial charge on any atom is 0.160 e. The number of aromatic nitrogens is 4. The number of hydrogen-bond donors (Lipinski definition) is 0. The maximum absolute atomic E-state index is 5.19. The predicted molar refractivity (Wildman–Crippen MR) is 217 cm³/mol. The third-order valence-electron chi connectivity index (χ3n) is 10.5. The van der Waals surface area contributed by atoms with Gasteiger partial charge in [0.2, 0.25) is 0 Å². The van der Waals surface area contributed by atoms with E-state index >= 15 is 0 Å². The van der Waals surface area contributed by atoms with Crippen molar-refractivity contribution in [3.8, 4) is 34.0 Å². The summed E-state index contributed by atoms with van der Waals surface area (Å²) >= 11 is 0. The summed E-state index contributed by atoms with van der Waals surface area (Å²) in [4.78, 5) is 10.3. The smallest absolute Gasteiger partial charge is 0.160 e. The van der Waals surface area contributed by atoms with Gasteiger partial charge in [0.1, 0.15) is 0 Å². The van der Waals surface area contributed by atoms with Gasteiger partial charge in [0.05, 0.1) is 33.3 Å². The average Bonchev–Trinajstić information content (AvgIpc) is 3.73. The minimum atomic E-state index is 0.709. The molecule has 0 spiro atoms. The highest BCUT2D eigenvalue weighted by atomic mass is 15.0. The fourth-order valence-electron chi connectivity index (χ4n) is 8.20.